The van der Waals surface area contributed by atoms with E-state index in [1.54, 1.807) is 4.90 Å². The van der Waals surface area contributed by atoms with Crippen LogP contribution in [0.25, 0.3) is 0 Å². The van der Waals surface area contributed by atoms with Crippen molar-refractivity contribution in [1.29, 1.82) is 0 Å². The molecule has 1 N–H and O–H groups in total. The molecule has 5 nitrogen and oxygen atoms in total. The molecule has 0 aromatic carbocycles. The van der Waals surface area contributed by atoms with Crippen LogP contribution >= 0.6 is 0 Å². The zero-order valence-corrected chi connectivity index (χ0v) is 10.7. The van der Waals surface area contributed by atoms with Crippen molar-refractivity contribution < 1.29 is 14.3 Å². The summed E-state index contributed by atoms with van der Waals surface area (Å²) in [5.41, 5.74) is -0.816. The fraction of sp³-hybridized carbons (Fsp3) is 0.833. The van der Waals surface area contributed by atoms with Crippen molar-refractivity contribution in [2.24, 2.45) is 5.41 Å². The van der Waals surface area contributed by atoms with Crippen molar-refractivity contribution in [2.45, 2.75) is 39.2 Å². The number of carbonyl (C=O) groups is 2. The van der Waals surface area contributed by atoms with E-state index in [1.165, 1.54) is 0 Å². The average Bonchev–Trinajstić information content (AvgIpc) is 2.12. The van der Waals surface area contributed by atoms with Crippen molar-refractivity contribution in [1.82, 2.24) is 10.2 Å². The van der Waals surface area contributed by atoms with E-state index in [9.17, 15) is 9.59 Å². The van der Waals surface area contributed by atoms with Gasteiger partial charge in [0, 0.05) is 19.6 Å². The molecule has 2 amide bonds. The Hall–Kier alpha value is -1.26. The summed E-state index contributed by atoms with van der Waals surface area (Å²) in [6.07, 6.45) is 1.55. The first-order valence-corrected chi connectivity index (χ1v) is 6.09. The van der Waals surface area contributed by atoms with E-state index >= 15 is 0 Å². The first-order chi connectivity index (χ1) is 7.82. The van der Waals surface area contributed by atoms with Crippen LogP contribution in [0.2, 0.25) is 0 Å². The molecule has 2 rings (SSSR count). The van der Waals surface area contributed by atoms with Crippen LogP contribution in [0.4, 0.5) is 4.79 Å². The van der Waals surface area contributed by atoms with Gasteiger partial charge in [-0.05, 0) is 33.6 Å². The Morgan fingerprint density at radius 1 is 1.41 bits per heavy atom. The molecule has 0 radical (unpaired) electrons. The normalized spacial score (nSPS) is 23.0. The van der Waals surface area contributed by atoms with Gasteiger partial charge in [-0.15, -0.1) is 0 Å². The highest BCUT2D eigenvalue weighted by molar-refractivity contribution is 5.87. The maximum atomic E-state index is 11.8. The second-order valence-corrected chi connectivity index (χ2v) is 5.98. The molecule has 5 heteroatoms. The quantitative estimate of drug-likeness (QED) is 0.690. The van der Waals surface area contributed by atoms with Gasteiger partial charge in [-0.2, -0.15) is 0 Å². The highest BCUT2D eigenvalue weighted by Crippen LogP contribution is 2.37. The van der Waals surface area contributed by atoms with Crippen LogP contribution in [-0.2, 0) is 9.53 Å². The highest BCUT2D eigenvalue weighted by Gasteiger charge is 2.52. The van der Waals surface area contributed by atoms with E-state index in [1.807, 2.05) is 20.8 Å². The van der Waals surface area contributed by atoms with Crippen LogP contribution in [0.1, 0.15) is 33.6 Å². The standard InChI is InChI=1S/C12H20N2O3/c1-11(2,3)17-10(16)14-7-12(8-14)5-4-6-13-9(12)15/h4-8H2,1-3H3,(H,13,15). The van der Waals surface area contributed by atoms with Gasteiger partial charge in [-0.1, -0.05) is 0 Å². The first kappa shape index (κ1) is 12.2. The molecule has 2 saturated heterocycles. The number of ether oxygens (including phenoxy) is 1. The minimum atomic E-state index is -0.478. The smallest absolute Gasteiger partial charge is 0.410 e. The largest absolute Gasteiger partial charge is 0.444 e. The molecule has 0 atom stereocenters. The number of likely N-dealkylation sites (tertiary alicyclic amines) is 1. The lowest BCUT2D eigenvalue weighted by Crippen LogP contribution is -2.66. The van der Waals surface area contributed by atoms with Crippen molar-refractivity contribution >= 4 is 12.0 Å². The maximum absolute atomic E-state index is 11.8. The number of carbonyl (C=O) groups excluding carboxylic acids is 2. The number of nitrogens with one attached hydrogen (secondary N) is 1. The third kappa shape index (κ3) is 2.37. The first-order valence-electron chi connectivity index (χ1n) is 6.09. The van der Waals surface area contributed by atoms with Gasteiger partial charge in [0.1, 0.15) is 5.60 Å². The Morgan fingerprint density at radius 3 is 2.59 bits per heavy atom. The maximum Gasteiger partial charge on any atom is 0.410 e. The Labute approximate surface area is 101 Å². The molecular formula is C12H20N2O3. The van der Waals surface area contributed by atoms with Crippen molar-refractivity contribution in [3.05, 3.63) is 0 Å². The van der Waals surface area contributed by atoms with E-state index in [4.69, 9.17) is 4.74 Å². The van der Waals surface area contributed by atoms with Crippen molar-refractivity contribution in [3.8, 4) is 0 Å². The molecule has 0 saturated carbocycles. The van der Waals surface area contributed by atoms with E-state index in [0.717, 1.165) is 19.4 Å². The van der Waals surface area contributed by atoms with E-state index in [-0.39, 0.29) is 17.4 Å². The Morgan fingerprint density at radius 2 is 2.06 bits per heavy atom. The summed E-state index contributed by atoms with van der Waals surface area (Å²) in [6, 6.07) is 0. The minimum absolute atomic E-state index is 0.0866. The molecule has 0 bridgehead atoms. The molecule has 2 fully saturated rings. The minimum Gasteiger partial charge on any atom is -0.444 e. The molecule has 2 heterocycles. The molecule has 0 aromatic heterocycles. The lowest BCUT2D eigenvalue weighted by Gasteiger charge is -2.50. The fourth-order valence-corrected chi connectivity index (χ4v) is 2.37. The van der Waals surface area contributed by atoms with Gasteiger partial charge in [0.05, 0.1) is 5.41 Å². The van der Waals surface area contributed by atoms with Gasteiger partial charge >= 0.3 is 6.09 Å². The number of hydrogen-bond acceptors (Lipinski definition) is 3. The van der Waals surface area contributed by atoms with Crippen LogP contribution in [-0.4, -0.2) is 42.1 Å². The molecule has 0 aliphatic carbocycles. The molecule has 96 valence electrons. The molecule has 17 heavy (non-hydrogen) atoms. The third-order valence-corrected chi connectivity index (χ3v) is 3.24. The topological polar surface area (TPSA) is 58.6 Å². The molecule has 2 aliphatic rings. The van der Waals surface area contributed by atoms with E-state index in [2.05, 4.69) is 5.32 Å². The summed E-state index contributed by atoms with van der Waals surface area (Å²) in [7, 11) is 0. The molecule has 0 unspecified atom stereocenters. The molecular weight excluding hydrogens is 220 g/mol. The summed E-state index contributed by atoms with van der Waals surface area (Å²) >= 11 is 0. The Kier molecular flexibility index (Phi) is 2.79. The number of hydrogen-bond donors (Lipinski definition) is 1. The third-order valence-electron chi connectivity index (χ3n) is 3.24. The van der Waals surface area contributed by atoms with Crippen LogP contribution in [0.15, 0.2) is 0 Å². The molecule has 2 aliphatic heterocycles. The SMILES string of the molecule is CC(C)(C)OC(=O)N1CC2(CCCNC2=O)C1. The fourth-order valence-electron chi connectivity index (χ4n) is 2.37. The van der Waals surface area contributed by atoms with Gasteiger partial charge in [0.2, 0.25) is 5.91 Å². The van der Waals surface area contributed by atoms with Gasteiger partial charge in [0.25, 0.3) is 0 Å². The zero-order chi connectivity index (χ0) is 12.7. The summed E-state index contributed by atoms with van der Waals surface area (Å²) in [5, 5.41) is 2.86. The summed E-state index contributed by atoms with van der Waals surface area (Å²) < 4.78 is 5.27. The van der Waals surface area contributed by atoms with Crippen LogP contribution in [0.5, 0.6) is 0 Å². The Balaban J connectivity index is 1.89. The van der Waals surface area contributed by atoms with Gasteiger partial charge < -0.3 is 15.0 Å². The second kappa shape index (κ2) is 3.89. The lowest BCUT2D eigenvalue weighted by atomic mass is 9.73. The molecule has 0 aromatic rings. The monoisotopic (exact) mass is 240 g/mol. The predicted octanol–water partition coefficient (Wildman–Crippen LogP) is 1.13. The highest BCUT2D eigenvalue weighted by atomic mass is 16.6. The number of piperidine rings is 1. The van der Waals surface area contributed by atoms with Crippen LogP contribution < -0.4 is 5.32 Å². The molecule has 1 spiro atoms. The van der Waals surface area contributed by atoms with Crippen LogP contribution in [0.3, 0.4) is 0 Å². The number of nitrogens with zero attached hydrogens (tertiary/aromatic N) is 1. The summed E-state index contributed by atoms with van der Waals surface area (Å²) in [5.74, 6) is 0.0866. The summed E-state index contributed by atoms with van der Waals surface area (Å²) in [4.78, 5) is 25.1. The van der Waals surface area contributed by atoms with Crippen molar-refractivity contribution in [2.75, 3.05) is 19.6 Å². The van der Waals surface area contributed by atoms with Gasteiger partial charge in [-0.3, -0.25) is 4.79 Å². The van der Waals surface area contributed by atoms with E-state index < -0.39 is 5.60 Å². The van der Waals surface area contributed by atoms with Crippen molar-refractivity contribution in [3.63, 3.8) is 0 Å². The average molecular weight is 240 g/mol. The number of amides is 2. The predicted molar refractivity (Wildman–Crippen MR) is 62.5 cm³/mol. The lowest BCUT2D eigenvalue weighted by molar-refractivity contribution is -0.144. The Bertz CT molecular complexity index is 340. The van der Waals surface area contributed by atoms with Gasteiger partial charge in [-0.25, -0.2) is 4.79 Å². The summed E-state index contributed by atoms with van der Waals surface area (Å²) in [6.45, 7) is 7.27. The zero-order valence-electron chi connectivity index (χ0n) is 10.7. The number of rotatable bonds is 0. The second-order valence-electron chi connectivity index (χ2n) is 5.98. The van der Waals surface area contributed by atoms with E-state index in [0.29, 0.717) is 13.1 Å². The van der Waals surface area contributed by atoms with Crippen LogP contribution in [0, 0.1) is 5.41 Å². The van der Waals surface area contributed by atoms with Gasteiger partial charge in [0.15, 0.2) is 0 Å².